The maximum absolute atomic E-state index is 11.9. The third-order valence-electron chi connectivity index (χ3n) is 3.62. The van der Waals surface area contributed by atoms with Gasteiger partial charge in [0.2, 0.25) is 5.91 Å². The molecule has 1 fully saturated rings. The number of amides is 1. The highest BCUT2D eigenvalue weighted by atomic mass is 35.5. The Kier molecular flexibility index (Phi) is 6.87. The van der Waals surface area contributed by atoms with Gasteiger partial charge < -0.3 is 10.6 Å². The maximum Gasteiger partial charge on any atom is 0.220 e. The normalized spacial score (nSPS) is 22.0. The Bertz CT molecular complexity index is 452. The van der Waals surface area contributed by atoms with Crippen molar-refractivity contribution < 1.29 is 4.79 Å². The van der Waals surface area contributed by atoms with Crippen molar-refractivity contribution in [2.24, 2.45) is 0 Å². The van der Waals surface area contributed by atoms with Crippen LogP contribution < -0.4 is 10.6 Å². The molecule has 0 radical (unpaired) electrons. The second-order valence-electron chi connectivity index (χ2n) is 5.55. The number of halogens is 1. The Hall–Kier alpha value is -0.710. The van der Waals surface area contributed by atoms with Crippen molar-refractivity contribution >= 4 is 29.3 Å². The fourth-order valence-corrected chi connectivity index (χ4v) is 3.50. The quantitative estimate of drug-likeness (QED) is 0.621. The van der Waals surface area contributed by atoms with E-state index in [0.29, 0.717) is 18.5 Å². The van der Waals surface area contributed by atoms with E-state index < -0.39 is 0 Å². The number of piperidine rings is 1. The van der Waals surface area contributed by atoms with Crippen LogP contribution in [0.4, 0.5) is 0 Å². The van der Waals surface area contributed by atoms with Crippen LogP contribution in [-0.2, 0) is 4.79 Å². The van der Waals surface area contributed by atoms with Gasteiger partial charge in [-0.05, 0) is 62.7 Å². The van der Waals surface area contributed by atoms with Gasteiger partial charge in [-0.1, -0.05) is 11.6 Å². The second-order valence-corrected chi connectivity index (χ2v) is 7.15. The molecule has 0 saturated carbocycles. The van der Waals surface area contributed by atoms with Crippen molar-refractivity contribution in [2.75, 3.05) is 12.3 Å². The van der Waals surface area contributed by atoms with E-state index in [1.54, 1.807) is 11.8 Å². The second kappa shape index (κ2) is 8.66. The van der Waals surface area contributed by atoms with Crippen LogP contribution in [-0.4, -0.2) is 30.3 Å². The van der Waals surface area contributed by atoms with Gasteiger partial charge in [0, 0.05) is 28.4 Å². The molecule has 1 amide bonds. The zero-order valence-electron chi connectivity index (χ0n) is 12.4. The fraction of sp³-hybridized carbons (Fsp3) is 0.562. The van der Waals surface area contributed by atoms with Gasteiger partial charge in [0.15, 0.2) is 0 Å². The maximum atomic E-state index is 11.9. The molecule has 2 atom stereocenters. The average molecular weight is 327 g/mol. The number of hydrogen-bond acceptors (Lipinski definition) is 3. The summed E-state index contributed by atoms with van der Waals surface area (Å²) in [7, 11) is 0. The van der Waals surface area contributed by atoms with Gasteiger partial charge in [0.25, 0.3) is 0 Å². The Morgan fingerprint density at radius 1 is 1.43 bits per heavy atom. The molecule has 2 unspecified atom stereocenters. The zero-order valence-corrected chi connectivity index (χ0v) is 14.0. The lowest BCUT2D eigenvalue weighted by atomic mass is 10.0. The smallest absolute Gasteiger partial charge is 0.220 e. The molecule has 1 aromatic carbocycles. The van der Waals surface area contributed by atoms with Crippen LogP contribution in [0.3, 0.4) is 0 Å². The summed E-state index contributed by atoms with van der Waals surface area (Å²) >= 11 is 7.62. The summed E-state index contributed by atoms with van der Waals surface area (Å²) in [6.07, 6.45) is 3.58. The third kappa shape index (κ3) is 6.29. The molecule has 2 rings (SSSR count). The van der Waals surface area contributed by atoms with E-state index in [9.17, 15) is 4.79 Å². The zero-order chi connectivity index (χ0) is 15.1. The first-order valence-electron chi connectivity index (χ1n) is 7.54. The van der Waals surface area contributed by atoms with E-state index in [0.717, 1.165) is 36.6 Å². The van der Waals surface area contributed by atoms with E-state index in [2.05, 4.69) is 17.6 Å². The predicted molar refractivity (Wildman–Crippen MR) is 90.0 cm³/mol. The summed E-state index contributed by atoms with van der Waals surface area (Å²) in [5.41, 5.74) is 0. The van der Waals surface area contributed by atoms with Crippen LogP contribution in [0.2, 0.25) is 5.02 Å². The molecule has 0 aromatic heterocycles. The first-order valence-corrected chi connectivity index (χ1v) is 8.91. The number of nitrogens with one attached hydrogen (secondary N) is 2. The van der Waals surface area contributed by atoms with E-state index >= 15 is 0 Å². The monoisotopic (exact) mass is 326 g/mol. The van der Waals surface area contributed by atoms with Crippen molar-refractivity contribution in [3.63, 3.8) is 0 Å². The highest BCUT2D eigenvalue weighted by Crippen LogP contribution is 2.21. The molecule has 1 aliphatic heterocycles. The van der Waals surface area contributed by atoms with E-state index in [4.69, 9.17) is 11.6 Å². The van der Waals surface area contributed by atoms with Crippen LogP contribution in [0.15, 0.2) is 29.2 Å². The van der Waals surface area contributed by atoms with Crippen LogP contribution in [0.25, 0.3) is 0 Å². The molecule has 0 bridgehead atoms. The Labute approximate surface area is 136 Å². The van der Waals surface area contributed by atoms with Crippen LogP contribution in [0.1, 0.15) is 32.6 Å². The Morgan fingerprint density at radius 2 is 2.19 bits per heavy atom. The highest BCUT2D eigenvalue weighted by Gasteiger charge is 2.19. The van der Waals surface area contributed by atoms with Gasteiger partial charge in [-0.25, -0.2) is 0 Å². The average Bonchev–Trinajstić information content (AvgIpc) is 2.45. The largest absolute Gasteiger partial charge is 0.353 e. The number of thioether (sulfide) groups is 1. The molecular weight excluding hydrogens is 304 g/mol. The molecule has 1 aromatic rings. The van der Waals surface area contributed by atoms with Crippen LogP contribution in [0.5, 0.6) is 0 Å². The van der Waals surface area contributed by atoms with Gasteiger partial charge in [0.05, 0.1) is 0 Å². The van der Waals surface area contributed by atoms with E-state index in [1.165, 1.54) is 4.90 Å². The molecule has 1 saturated heterocycles. The van der Waals surface area contributed by atoms with Crippen LogP contribution in [0, 0.1) is 0 Å². The molecule has 3 nitrogen and oxygen atoms in total. The summed E-state index contributed by atoms with van der Waals surface area (Å²) in [6, 6.07) is 8.68. The number of rotatable bonds is 6. The first-order chi connectivity index (χ1) is 10.1. The van der Waals surface area contributed by atoms with Gasteiger partial charge in [-0.2, -0.15) is 0 Å². The van der Waals surface area contributed by atoms with Gasteiger partial charge in [0.1, 0.15) is 0 Å². The van der Waals surface area contributed by atoms with Gasteiger partial charge >= 0.3 is 0 Å². The SMILES string of the molecule is CC1CC(NC(=O)CCCSc2ccc(Cl)cc2)CCN1. The fourth-order valence-electron chi connectivity index (χ4n) is 2.52. The first kappa shape index (κ1) is 16.7. The molecule has 0 aliphatic carbocycles. The standard InChI is InChI=1S/C16H23ClN2OS/c1-12-11-14(8-9-18-12)19-16(20)3-2-10-21-15-6-4-13(17)5-7-15/h4-7,12,14,18H,2-3,8-11H2,1H3,(H,19,20). The Balaban J connectivity index is 1.59. The summed E-state index contributed by atoms with van der Waals surface area (Å²) in [5.74, 6) is 1.14. The number of carbonyl (C=O) groups is 1. The van der Waals surface area contributed by atoms with Gasteiger partial charge in [-0.15, -0.1) is 11.8 Å². The molecule has 0 spiro atoms. The number of benzene rings is 1. The van der Waals surface area contributed by atoms with Crippen molar-refractivity contribution in [3.8, 4) is 0 Å². The van der Waals surface area contributed by atoms with Crippen molar-refractivity contribution in [3.05, 3.63) is 29.3 Å². The molecule has 2 N–H and O–H groups in total. The summed E-state index contributed by atoms with van der Waals surface area (Å²) in [6.45, 7) is 3.17. The molecule has 1 heterocycles. The summed E-state index contributed by atoms with van der Waals surface area (Å²) < 4.78 is 0. The van der Waals surface area contributed by atoms with Crippen molar-refractivity contribution in [1.82, 2.24) is 10.6 Å². The topological polar surface area (TPSA) is 41.1 Å². The van der Waals surface area contributed by atoms with Crippen molar-refractivity contribution in [1.29, 1.82) is 0 Å². The lowest BCUT2D eigenvalue weighted by molar-refractivity contribution is -0.122. The molecule has 1 aliphatic rings. The lowest BCUT2D eigenvalue weighted by Crippen LogP contribution is -2.46. The minimum atomic E-state index is 0.186. The lowest BCUT2D eigenvalue weighted by Gasteiger charge is -2.28. The molecule has 21 heavy (non-hydrogen) atoms. The summed E-state index contributed by atoms with van der Waals surface area (Å²) in [5, 5.41) is 7.30. The van der Waals surface area contributed by atoms with Gasteiger partial charge in [-0.3, -0.25) is 4.79 Å². The van der Waals surface area contributed by atoms with E-state index in [-0.39, 0.29) is 5.91 Å². The van der Waals surface area contributed by atoms with Crippen molar-refractivity contribution in [2.45, 2.75) is 49.6 Å². The number of hydrogen-bond donors (Lipinski definition) is 2. The minimum Gasteiger partial charge on any atom is -0.353 e. The molecule has 5 heteroatoms. The Morgan fingerprint density at radius 3 is 2.90 bits per heavy atom. The summed E-state index contributed by atoms with van der Waals surface area (Å²) in [4.78, 5) is 13.1. The third-order valence-corrected chi connectivity index (χ3v) is 4.97. The molecular formula is C16H23ClN2OS. The van der Waals surface area contributed by atoms with E-state index in [1.807, 2.05) is 24.3 Å². The van der Waals surface area contributed by atoms with Crippen LogP contribution >= 0.6 is 23.4 Å². The minimum absolute atomic E-state index is 0.186. The predicted octanol–water partition coefficient (Wildman–Crippen LogP) is 3.47. The molecule has 116 valence electrons. The number of carbonyl (C=O) groups excluding carboxylic acids is 1. The highest BCUT2D eigenvalue weighted by molar-refractivity contribution is 7.99.